The van der Waals surface area contributed by atoms with Gasteiger partial charge in [-0.2, -0.15) is 0 Å². The minimum atomic E-state index is 0.0343. The Hall–Kier alpha value is -1.95. The summed E-state index contributed by atoms with van der Waals surface area (Å²) in [7, 11) is 3.60. The summed E-state index contributed by atoms with van der Waals surface area (Å²) in [6.45, 7) is 2.45. The van der Waals surface area contributed by atoms with Crippen LogP contribution < -0.4 is 20.5 Å². The lowest BCUT2D eigenvalue weighted by molar-refractivity contribution is -0.120. The number of nitrogens with zero attached hydrogens (tertiary/aromatic N) is 1. The lowest BCUT2D eigenvalue weighted by Crippen LogP contribution is -2.26. The van der Waals surface area contributed by atoms with Crippen LogP contribution in [0.5, 0.6) is 11.5 Å². The molecule has 1 aromatic rings. The second kappa shape index (κ2) is 6.47. The molecule has 3 N–H and O–H groups in total. The standard InChI is InChI=1S/C14H21N3O3/c1-16-14(18)3-4-17(2)9-10-7-12-13(8-11(10)15)20-6-5-19-12/h7-8H,3-6,9,15H2,1-2H3,(H,16,18). The average molecular weight is 279 g/mol. The van der Waals surface area contributed by atoms with Gasteiger partial charge in [0.25, 0.3) is 0 Å². The first-order valence-electron chi connectivity index (χ1n) is 6.67. The van der Waals surface area contributed by atoms with Crippen molar-refractivity contribution in [3.05, 3.63) is 17.7 Å². The second-order valence-corrected chi connectivity index (χ2v) is 4.86. The van der Waals surface area contributed by atoms with E-state index in [0.29, 0.717) is 44.2 Å². The third kappa shape index (κ3) is 3.54. The summed E-state index contributed by atoms with van der Waals surface area (Å²) >= 11 is 0. The molecule has 0 aliphatic carbocycles. The van der Waals surface area contributed by atoms with E-state index in [0.717, 1.165) is 11.3 Å². The van der Waals surface area contributed by atoms with Crippen LogP contribution in [0.25, 0.3) is 0 Å². The number of anilines is 1. The van der Waals surface area contributed by atoms with Gasteiger partial charge in [0.1, 0.15) is 13.2 Å². The molecule has 20 heavy (non-hydrogen) atoms. The van der Waals surface area contributed by atoms with Crippen LogP contribution in [-0.2, 0) is 11.3 Å². The molecule has 0 bridgehead atoms. The van der Waals surface area contributed by atoms with Crippen molar-refractivity contribution in [2.75, 3.05) is 39.6 Å². The van der Waals surface area contributed by atoms with Crippen molar-refractivity contribution < 1.29 is 14.3 Å². The number of nitrogens with two attached hydrogens (primary N) is 1. The lowest BCUT2D eigenvalue weighted by atomic mass is 10.1. The molecule has 1 aliphatic heterocycles. The number of hydrogen-bond acceptors (Lipinski definition) is 5. The second-order valence-electron chi connectivity index (χ2n) is 4.86. The molecule has 110 valence electrons. The molecule has 1 aliphatic rings. The van der Waals surface area contributed by atoms with E-state index in [1.54, 1.807) is 13.1 Å². The molecule has 0 atom stereocenters. The number of hydrogen-bond donors (Lipinski definition) is 2. The third-order valence-electron chi connectivity index (χ3n) is 3.24. The van der Waals surface area contributed by atoms with Crippen LogP contribution in [0, 0.1) is 0 Å². The van der Waals surface area contributed by atoms with Crippen LogP contribution in [0.1, 0.15) is 12.0 Å². The summed E-state index contributed by atoms with van der Waals surface area (Å²) in [5.41, 5.74) is 7.70. The highest BCUT2D eigenvalue weighted by Crippen LogP contribution is 2.34. The van der Waals surface area contributed by atoms with Crippen LogP contribution in [-0.4, -0.2) is 44.7 Å². The number of nitrogens with one attached hydrogen (secondary N) is 1. The third-order valence-corrected chi connectivity index (χ3v) is 3.24. The van der Waals surface area contributed by atoms with E-state index in [1.165, 1.54) is 0 Å². The monoisotopic (exact) mass is 279 g/mol. The number of fused-ring (bicyclic) bond motifs is 1. The van der Waals surface area contributed by atoms with Crippen molar-refractivity contribution in [2.45, 2.75) is 13.0 Å². The molecule has 0 radical (unpaired) electrons. The highest BCUT2D eigenvalue weighted by Gasteiger charge is 2.15. The minimum Gasteiger partial charge on any atom is -0.486 e. The van der Waals surface area contributed by atoms with E-state index >= 15 is 0 Å². The van der Waals surface area contributed by atoms with E-state index in [2.05, 4.69) is 10.2 Å². The highest BCUT2D eigenvalue weighted by atomic mass is 16.6. The predicted octanol–water partition coefficient (Wildman–Crippen LogP) is 0.608. The van der Waals surface area contributed by atoms with Crippen molar-refractivity contribution in [2.24, 2.45) is 0 Å². The maximum Gasteiger partial charge on any atom is 0.221 e. The Morgan fingerprint density at radius 3 is 2.65 bits per heavy atom. The average Bonchev–Trinajstić information content (AvgIpc) is 2.45. The molecule has 0 saturated carbocycles. The van der Waals surface area contributed by atoms with E-state index in [-0.39, 0.29) is 5.91 Å². The zero-order chi connectivity index (χ0) is 14.5. The van der Waals surface area contributed by atoms with Crippen LogP contribution in [0.15, 0.2) is 12.1 Å². The van der Waals surface area contributed by atoms with Gasteiger partial charge in [0.05, 0.1) is 0 Å². The Kier molecular flexibility index (Phi) is 4.68. The van der Waals surface area contributed by atoms with Gasteiger partial charge in [-0.05, 0) is 18.7 Å². The van der Waals surface area contributed by atoms with Gasteiger partial charge in [0.15, 0.2) is 11.5 Å². The summed E-state index contributed by atoms with van der Waals surface area (Å²) in [5.74, 6) is 1.47. The number of ether oxygens (including phenoxy) is 2. The molecule has 1 heterocycles. The number of rotatable bonds is 5. The molecule has 2 rings (SSSR count). The summed E-state index contributed by atoms with van der Waals surface area (Å²) in [4.78, 5) is 13.3. The largest absolute Gasteiger partial charge is 0.486 e. The van der Waals surface area contributed by atoms with Gasteiger partial charge >= 0.3 is 0 Å². The summed E-state index contributed by atoms with van der Waals surface area (Å²) in [5, 5.41) is 2.61. The van der Waals surface area contributed by atoms with Gasteiger partial charge in [-0.1, -0.05) is 0 Å². The molecule has 1 aromatic carbocycles. The number of nitrogen functional groups attached to an aromatic ring is 1. The van der Waals surface area contributed by atoms with Crippen LogP contribution in [0.3, 0.4) is 0 Å². The molecule has 0 unspecified atom stereocenters. The quantitative estimate of drug-likeness (QED) is 0.772. The van der Waals surface area contributed by atoms with Crippen molar-refractivity contribution in [1.29, 1.82) is 0 Å². The number of carbonyl (C=O) groups is 1. The molecule has 0 fully saturated rings. The first-order chi connectivity index (χ1) is 9.60. The van der Waals surface area contributed by atoms with Gasteiger partial charge in [0, 0.05) is 38.3 Å². The maximum absolute atomic E-state index is 11.2. The van der Waals surface area contributed by atoms with Gasteiger partial charge in [-0.15, -0.1) is 0 Å². The van der Waals surface area contributed by atoms with Crippen molar-refractivity contribution >= 4 is 11.6 Å². The van der Waals surface area contributed by atoms with Crippen molar-refractivity contribution in [3.63, 3.8) is 0 Å². The van der Waals surface area contributed by atoms with E-state index in [9.17, 15) is 4.79 Å². The minimum absolute atomic E-state index is 0.0343. The summed E-state index contributed by atoms with van der Waals surface area (Å²) in [6.07, 6.45) is 0.470. The van der Waals surface area contributed by atoms with Gasteiger partial charge in [0.2, 0.25) is 5.91 Å². The summed E-state index contributed by atoms with van der Waals surface area (Å²) < 4.78 is 11.0. The Balaban J connectivity index is 2.00. The smallest absolute Gasteiger partial charge is 0.221 e. The Bertz CT molecular complexity index is 491. The normalized spacial score (nSPS) is 13.3. The van der Waals surface area contributed by atoms with E-state index in [4.69, 9.17) is 15.2 Å². The lowest BCUT2D eigenvalue weighted by Gasteiger charge is -2.22. The van der Waals surface area contributed by atoms with Crippen molar-refractivity contribution in [3.8, 4) is 11.5 Å². The number of amides is 1. The van der Waals surface area contributed by atoms with Crippen LogP contribution in [0.2, 0.25) is 0 Å². The first kappa shape index (κ1) is 14.5. The van der Waals surface area contributed by atoms with Crippen molar-refractivity contribution in [1.82, 2.24) is 10.2 Å². The first-order valence-corrected chi connectivity index (χ1v) is 6.67. The molecule has 0 aromatic heterocycles. The van der Waals surface area contributed by atoms with Gasteiger partial charge < -0.3 is 25.4 Å². The molecule has 0 spiro atoms. The van der Waals surface area contributed by atoms with Gasteiger partial charge in [-0.3, -0.25) is 4.79 Å². The topological polar surface area (TPSA) is 76.8 Å². The summed E-state index contributed by atoms with van der Waals surface area (Å²) in [6, 6.07) is 3.72. The van der Waals surface area contributed by atoms with Gasteiger partial charge in [-0.25, -0.2) is 0 Å². The zero-order valence-electron chi connectivity index (χ0n) is 11.9. The molecule has 6 nitrogen and oxygen atoms in total. The number of benzene rings is 1. The fraction of sp³-hybridized carbons (Fsp3) is 0.500. The molecular weight excluding hydrogens is 258 g/mol. The fourth-order valence-corrected chi connectivity index (χ4v) is 2.07. The molecule has 0 saturated heterocycles. The zero-order valence-corrected chi connectivity index (χ0v) is 11.9. The molecule has 1 amide bonds. The predicted molar refractivity (Wildman–Crippen MR) is 76.9 cm³/mol. The molecular formula is C14H21N3O3. The van der Waals surface area contributed by atoms with E-state index < -0.39 is 0 Å². The van der Waals surface area contributed by atoms with Crippen LogP contribution >= 0.6 is 0 Å². The highest BCUT2D eigenvalue weighted by molar-refractivity contribution is 5.75. The Labute approximate surface area is 118 Å². The Morgan fingerprint density at radius 1 is 1.35 bits per heavy atom. The SMILES string of the molecule is CNC(=O)CCN(C)Cc1cc2c(cc1N)OCCO2. The van der Waals surface area contributed by atoms with Crippen LogP contribution in [0.4, 0.5) is 5.69 Å². The number of carbonyl (C=O) groups excluding carboxylic acids is 1. The molecule has 6 heteroatoms. The van der Waals surface area contributed by atoms with E-state index in [1.807, 2.05) is 13.1 Å². The maximum atomic E-state index is 11.2. The fourth-order valence-electron chi connectivity index (χ4n) is 2.07. The Morgan fingerprint density at radius 2 is 2.00 bits per heavy atom.